The Balaban J connectivity index is 1.68. The first-order valence-corrected chi connectivity index (χ1v) is 8.22. The number of hydrogen-bond donors (Lipinski definition) is 2. The van der Waals surface area contributed by atoms with E-state index in [1.165, 1.54) is 23.1 Å². The molecule has 2 aromatic rings. The molecule has 2 amide bonds. The van der Waals surface area contributed by atoms with Crippen LogP contribution in [0.3, 0.4) is 0 Å². The highest BCUT2D eigenvalue weighted by atomic mass is 35.5. The van der Waals surface area contributed by atoms with E-state index in [2.05, 4.69) is 15.6 Å². The van der Waals surface area contributed by atoms with Gasteiger partial charge >= 0.3 is 0 Å². The maximum atomic E-state index is 12.0. The third kappa shape index (κ3) is 3.37. The van der Waals surface area contributed by atoms with Crippen LogP contribution < -0.4 is 10.6 Å². The molecule has 0 saturated heterocycles. The molecule has 0 radical (unpaired) electrons. The summed E-state index contributed by atoms with van der Waals surface area (Å²) in [5.74, 6) is -0.418. The second-order valence-corrected chi connectivity index (χ2v) is 6.90. The number of halogens is 1. The number of anilines is 2. The number of carbonyl (C=O) groups excluding carboxylic acids is 2. The lowest BCUT2D eigenvalue weighted by atomic mass is 10.2. The predicted octanol–water partition coefficient (Wildman–Crippen LogP) is 3.24. The van der Waals surface area contributed by atoms with Gasteiger partial charge in [0.1, 0.15) is 0 Å². The van der Waals surface area contributed by atoms with Crippen molar-refractivity contribution in [1.29, 1.82) is 0 Å². The molecule has 3 rings (SSSR count). The molecule has 0 fully saturated rings. The van der Waals surface area contributed by atoms with Crippen molar-refractivity contribution in [3.8, 4) is 0 Å². The van der Waals surface area contributed by atoms with Gasteiger partial charge in [0.25, 0.3) is 0 Å². The number of hydrogen-bond acceptors (Lipinski definition) is 5. The summed E-state index contributed by atoms with van der Waals surface area (Å²) in [7, 11) is 0. The van der Waals surface area contributed by atoms with Gasteiger partial charge in [-0.05, 0) is 18.2 Å². The van der Waals surface area contributed by atoms with Gasteiger partial charge in [0, 0.05) is 27.9 Å². The number of nitrogens with one attached hydrogen (secondary N) is 2. The van der Waals surface area contributed by atoms with Gasteiger partial charge in [0.15, 0.2) is 5.13 Å². The Morgan fingerprint density at radius 2 is 2.33 bits per heavy atom. The van der Waals surface area contributed by atoms with Crippen molar-refractivity contribution in [1.82, 2.24) is 4.98 Å². The number of thiazole rings is 1. The van der Waals surface area contributed by atoms with E-state index in [0.717, 1.165) is 4.90 Å². The third-order valence-corrected chi connectivity index (χ3v) is 5.01. The van der Waals surface area contributed by atoms with E-state index in [-0.39, 0.29) is 18.2 Å². The van der Waals surface area contributed by atoms with E-state index < -0.39 is 5.25 Å². The van der Waals surface area contributed by atoms with Gasteiger partial charge in [-0.2, -0.15) is 0 Å². The number of benzene rings is 1. The number of carbonyl (C=O) groups is 2. The fourth-order valence-electron chi connectivity index (χ4n) is 1.88. The monoisotopic (exact) mass is 339 g/mol. The predicted molar refractivity (Wildman–Crippen MR) is 85.1 cm³/mol. The van der Waals surface area contributed by atoms with E-state index in [1.54, 1.807) is 23.7 Å². The van der Waals surface area contributed by atoms with Crippen LogP contribution in [0, 0.1) is 0 Å². The lowest BCUT2D eigenvalue weighted by molar-refractivity contribution is -0.120. The van der Waals surface area contributed by atoms with Crippen molar-refractivity contribution in [2.24, 2.45) is 0 Å². The summed E-state index contributed by atoms with van der Waals surface area (Å²) in [5, 5.41) is 7.87. The molecule has 1 aliphatic rings. The fourth-order valence-corrected chi connectivity index (χ4v) is 3.69. The third-order valence-electron chi connectivity index (χ3n) is 2.81. The zero-order chi connectivity index (χ0) is 14.8. The summed E-state index contributed by atoms with van der Waals surface area (Å²) in [5.41, 5.74) is 0.689. The van der Waals surface area contributed by atoms with Gasteiger partial charge < -0.3 is 10.6 Å². The quantitative estimate of drug-likeness (QED) is 0.900. The first-order valence-electron chi connectivity index (χ1n) is 6.08. The second kappa shape index (κ2) is 6.05. The van der Waals surface area contributed by atoms with Crippen molar-refractivity contribution in [2.75, 3.05) is 10.6 Å². The Kier molecular flexibility index (Phi) is 4.14. The highest BCUT2D eigenvalue weighted by molar-refractivity contribution is 8.01. The highest BCUT2D eigenvalue weighted by Crippen LogP contribution is 2.38. The SMILES string of the molecule is O=C(C[C@H]1Sc2ccc(Cl)cc2NC1=O)Nc1nccs1. The Bertz CT molecular complexity index is 691. The van der Waals surface area contributed by atoms with E-state index in [4.69, 9.17) is 11.6 Å². The van der Waals surface area contributed by atoms with Crippen LogP contribution in [-0.4, -0.2) is 22.0 Å². The first-order chi connectivity index (χ1) is 10.1. The normalized spacial score (nSPS) is 17.0. The number of rotatable bonds is 3. The molecule has 0 unspecified atom stereocenters. The van der Waals surface area contributed by atoms with E-state index in [1.807, 2.05) is 6.07 Å². The van der Waals surface area contributed by atoms with Crippen LogP contribution in [0.15, 0.2) is 34.7 Å². The fraction of sp³-hybridized carbons (Fsp3) is 0.154. The smallest absolute Gasteiger partial charge is 0.238 e. The summed E-state index contributed by atoms with van der Waals surface area (Å²) in [6.07, 6.45) is 1.71. The number of nitrogens with zero attached hydrogens (tertiary/aromatic N) is 1. The maximum absolute atomic E-state index is 12.0. The van der Waals surface area contributed by atoms with Crippen molar-refractivity contribution in [3.05, 3.63) is 34.8 Å². The maximum Gasteiger partial charge on any atom is 0.238 e. The van der Waals surface area contributed by atoms with Gasteiger partial charge in [0.2, 0.25) is 11.8 Å². The van der Waals surface area contributed by atoms with Gasteiger partial charge in [0.05, 0.1) is 10.9 Å². The van der Waals surface area contributed by atoms with E-state index >= 15 is 0 Å². The summed E-state index contributed by atoms with van der Waals surface area (Å²) in [6, 6.07) is 5.30. The average molecular weight is 340 g/mol. The minimum absolute atomic E-state index is 0.0954. The van der Waals surface area contributed by atoms with Gasteiger partial charge in [-0.15, -0.1) is 23.1 Å². The van der Waals surface area contributed by atoms with Crippen molar-refractivity contribution in [2.45, 2.75) is 16.6 Å². The van der Waals surface area contributed by atoms with Crippen LogP contribution in [0.2, 0.25) is 5.02 Å². The standard InChI is InChI=1S/C13H10ClN3O2S2/c14-7-1-2-9-8(5-7)16-12(19)10(21-9)6-11(18)17-13-15-3-4-20-13/h1-5,10H,6H2,(H,16,19)(H,15,17,18)/t10-/m1/s1. The van der Waals surface area contributed by atoms with E-state index in [0.29, 0.717) is 15.8 Å². The molecule has 108 valence electrons. The zero-order valence-corrected chi connectivity index (χ0v) is 13.0. The molecule has 21 heavy (non-hydrogen) atoms. The Hall–Kier alpha value is -1.57. The molecule has 2 N–H and O–H groups in total. The van der Waals surface area contributed by atoms with Gasteiger partial charge in [-0.3, -0.25) is 9.59 Å². The number of amides is 2. The van der Waals surface area contributed by atoms with Gasteiger partial charge in [-0.25, -0.2) is 4.98 Å². The molecule has 1 aromatic heterocycles. The molecule has 0 saturated carbocycles. The van der Waals surface area contributed by atoms with Crippen LogP contribution in [-0.2, 0) is 9.59 Å². The Labute approximate surface area is 134 Å². The van der Waals surface area contributed by atoms with Crippen LogP contribution in [0.25, 0.3) is 0 Å². The largest absolute Gasteiger partial charge is 0.324 e. The molecule has 5 nitrogen and oxygen atoms in total. The molecule has 0 bridgehead atoms. The van der Waals surface area contributed by atoms with Crippen LogP contribution in [0.5, 0.6) is 0 Å². The Morgan fingerprint density at radius 3 is 3.10 bits per heavy atom. The molecule has 1 aromatic carbocycles. The number of fused-ring (bicyclic) bond motifs is 1. The number of aromatic nitrogens is 1. The topological polar surface area (TPSA) is 71.1 Å². The summed E-state index contributed by atoms with van der Waals surface area (Å²) in [4.78, 5) is 28.9. The van der Waals surface area contributed by atoms with Gasteiger partial charge in [-0.1, -0.05) is 11.6 Å². The first kappa shape index (κ1) is 14.4. The molecular formula is C13H10ClN3O2S2. The second-order valence-electron chi connectivity index (χ2n) is 4.33. The molecule has 8 heteroatoms. The molecule has 2 heterocycles. The zero-order valence-electron chi connectivity index (χ0n) is 10.6. The minimum Gasteiger partial charge on any atom is -0.324 e. The minimum atomic E-state index is -0.460. The van der Waals surface area contributed by atoms with Crippen LogP contribution in [0.4, 0.5) is 10.8 Å². The molecular weight excluding hydrogens is 330 g/mol. The average Bonchev–Trinajstić information content (AvgIpc) is 2.92. The summed E-state index contributed by atoms with van der Waals surface area (Å²) < 4.78 is 0. The lowest BCUT2D eigenvalue weighted by Crippen LogP contribution is -2.32. The molecule has 1 atom stereocenters. The number of thioether (sulfide) groups is 1. The van der Waals surface area contributed by atoms with Crippen LogP contribution in [0.1, 0.15) is 6.42 Å². The van der Waals surface area contributed by atoms with Crippen molar-refractivity contribution < 1.29 is 9.59 Å². The van der Waals surface area contributed by atoms with E-state index in [9.17, 15) is 9.59 Å². The van der Waals surface area contributed by atoms with Crippen molar-refractivity contribution in [3.63, 3.8) is 0 Å². The lowest BCUT2D eigenvalue weighted by Gasteiger charge is -2.23. The molecule has 0 spiro atoms. The Morgan fingerprint density at radius 1 is 1.48 bits per heavy atom. The summed E-state index contributed by atoms with van der Waals surface area (Å²) in [6.45, 7) is 0. The molecule has 0 aliphatic carbocycles. The van der Waals surface area contributed by atoms with Crippen molar-refractivity contribution >= 4 is 57.3 Å². The molecule has 1 aliphatic heterocycles. The van der Waals surface area contributed by atoms with Crippen LogP contribution >= 0.6 is 34.7 Å². The highest BCUT2D eigenvalue weighted by Gasteiger charge is 2.29. The summed E-state index contributed by atoms with van der Waals surface area (Å²) >= 11 is 8.60.